The molecule has 5 atom stereocenters. The highest BCUT2D eigenvalue weighted by atomic mass is 16.6. The van der Waals surface area contributed by atoms with E-state index in [0.717, 1.165) is 32.1 Å². The summed E-state index contributed by atoms with van der Waals surface area (Å²) in [6, 6.07) is 0. The quantitative estimate of drug-likeness (QED) is 0.318. The number of carbonyl (C=O) groups excluding carboxylic acids is 1. The molecule has 3 rings (SSSR count). The molecule has 2 saturated heterocycles. The molecule has 1 aliphatic carbocycles. The summed E-state index contributed by atoms with van der Waals surface area (Å²) >= 11 is 0. The molecule has 2 aliphatic heterocycles. The van der Waals surface area contributed by atoms with Gasteiger partial charge in [0.1, 0.15) is 5.60 Å². The van der Waals surface area contributed by atoms with Crippen molar-refractivity contribution in [3.8, 4) is 0 Å². The van der Waals surface area contributed by atoms with Crippen molar-refractivity contribution in [1.82, 2.24) is 0 Å². The van der Waals surface area contributed by atoms with E-state index in [4.69, 9.17) is 9.47 Å². The molecule has 0 amide bonds. The van der Waals surface area contributed by atoms with Gasteiger partial charge in [-0.3, -0.25) is 0 Å². The van der Waals surface area contributed by atoms with E-state index in [-0.39, 0.29) is 23.6 Å². The lowest BCUT2D eigenvalue weighted by molar-refractivity contribution is -0.165. The van der Waals surface area contributed by atoms with E-state index in [1.165, 1.54) is 5.57 Å². The first-order chi connectivity index (χ1) is 11.2. The zero-order valence-corrected chi connectivity index (χ0v) is 15.1. The Labute approximate surface area is 144 Å². The Kier molecular flexibility index (Phi) is 4.65. The van der Waals surface area contributed by atoms with Crippen LogP contribution < -0.4 is 0 Å². The van der Waals surface area contributed by atoms with Crippen molar-refractivity contribution < 1.29 is 19.4 Å². The molecular weight excluding hydrogens is 304 g/mol. The van der Waals surface area contributed by atoms with Crippen LogP contribution in [0.2, 0.25) is 0 Å². The first-order valence-corrected chi connectivity index (χ1v) is 9.17. The van der Waals surface area contributed by atoms with Gasteiger partial charge in [-0.2, -0.15) is 0 Å². The predicted octanol–water partition coefficient (Wildman–Crippen LogP) is 3.68. The van der Waals surface area contributed by atoms with E-state index in [1.807, 2.05) is 6.92 Å². The van der Waals surface area contributed by atoms with Crippen LogP contribution in [0.15, 0.2) is 23.8 Å². The number of rotatable bonds is 0. The largest absolute Gasteiger partial charge is 0.453 e. The van der Waals surface area contributed by atoms with Gasteiger partial charge in [-0.1, -0.05) is 18.2 Å². The maximum Gasteiger partial charge on any atom is 0.334 e. The number of fused-ring (bicyclic) bond motifs is 4. The average molecular weight is 334 g/mol. The van der Waals surface area contributed by atoms with E-state index in [2.05, 4.69) is 26.5 Å². The summed E-state index contributed by atoms with van der Waals surface area (Å²) in [7, 11) is 0. The standard InChI is InChI=1S/C20H30O4/c1-13-6-5-10-20(4)17(23-20)12-15-9-11-19(3,16(21)8-7-13)24-18(22)14(15)2/h6,15-17,21H,2,5,7-12H2,1,3-4H3/b13-6-. The van der Waals surface area contributed by atoms with Gasteiger partial charge in [-0.25, -0.2) is 4.79 Å². The zero-order chi connectivity index (χ0) is 17.5. The molecule has 0 radical (unpaired) electrons. The molecule has 4 nitrogen and oxygen atoms in total. The third-order valence-electron chi connectivity index (χ3n) is 6.25. The van der Waals surface area contributed by atoms with Crippen LogP contribution in [0.1, 0.15) is 65.7 Å². The van der Waals surface area contributed by atoms with Gasteiger partial charge in [-0.15, -0.1) is 0 Å². The Bertz CT molecular complexity index is 566. The maximum absolute atomic E-state index is 12.4. The molecule has 0 saturated carbocycles. The zero-order valence-electron chi connectivity index (χ0n) is 15.1. The number of hydrogen-bond donors (Lipinski definition) is 1. The smallest absolute Gasteiger partial charge is 0.334 e. The Morgan fingerprint density at radius 3 is 2.75 bits per heavy atom. The highest BCUT2D eigenvalue weighted by Crippen LogP contribution is 2.47. The molecule has 0 aromatic rings. The van der Waals surface area contributed by atoms with Gasteiger partial charge in [0.25, 0.3) is 0 Å². The van der Waals surface area contributed by atoms with E-state index >= 15 is 0 Å². The molecule has 134 valence electrons. The fourth-order valence-corrected chi connectivity index (χ4v) is 4.07. The lowest BCUT2D eigenvalue weighted by atomic mass is 9.82. The number of aliphatic hydroxyl groups is 1. The predicted molar refractivity (Wildman–Crippen MR) is 92.5 cm³/mol. The van der Waals surface area contributed by atoms with Crippen molar-refractivity contribution in [2.45, 2.75) is 89.1 Å². The van der Waals surface area contributed by atoms with Crippen molar-refractivity contribution in [1.29, 1.82) is 0 Å². The Hall–Kier alpha value is -1.13. The first-order valence-electron chi connectivity index (χ1n) is 9.17. The summed E-state index contributed by atoms with van der Waals surface area (Å²) in [5.41, 5.74) is 0.915. The topological polar surface area (TPSA) is 59.1 Å². The van der Waals surface area contributed by atoms with Gasteiger partial charge in [0, 0.05) is 5.57 Å². The van der Waals surface area contributed by atoms with E-state index < -0.39 is 11.7 Å². The molecule has 2 fully saturated rings. The average Bonchev–Trinajstić information content (AvgIpc) is 3.18. The first kappa shape index (κ1) is 17.7. The molecule has 2 bridgehead atoms. The molecular formula is C20H30O4. The second-order valence-electron chi connectivity index (χ2n) is 8.26. The van der Waals surface area contributed by atoms with Crippen molar-refractivity contribution in [2.24, 2.45) is 5.92 Å². The maximum atomic E-state index is 12.4. The lowest BCUT2D eigenvalue weighted by Gasteiger charge is -2.33. The fraction of sp³-hybridized carbons (Fsp3) is 0.750. The number of aliphatic hydroxyl groups excluding tert-OH is 1. The second-order valence-corrected chi connectivity index (χ2v) is 8.26. The van der Waals surface area contributed by atoms with E-state index in [1.54, 1.807) is 0 Å². The van der Waals surface area contributed by atoms with Gasteiger partial charge < -0.3 is 14.6 Å². The number of ether oxygens (including phenoxy) is 2. The molecule has 24 heavy (non-hydrogen) atoms. The second kappa shape index (κ2) is 6.30. The van der Waals surface area contributed by atoms with Crippen molar-refractivity contribution >= 4 is 5.97 Å². The SMILES string of the molecule is C=C1C(=O)OC2(C)CCC1CC1OC1(C)CC/C=C(/C)CCC2O. The summed E-state index contributed by atoms with van der Waals surface area (Å²) < 4.78 is 11.7. The molecule has 2 heterocycles. The van der Waals surface area contributed by atoms with Crippen molar-refractivity contribution in [2.75, 3.05) is 0 Å². The van der Waals surface area contributed by atoms with Crippen LogP contribution in [0.5, 0.6) is 0 Å². The number of esters is 1. The summed E-state index contributed by atoms with van der Waals surface area (Å²) in [6.07, 6.45) is 7.51. The minimum atomic E-state index is -0.827. The minimum Gasteiger partial charge on any atom is -0.453 e. The molecule has 5 unspecified atom stereocenters. The highest BCUT2D eigenvalue weighted by molar-refractivity contribution is 5.89. The van der Waals surface area contributed by atoms with Crippen LogP contribution in [0.3, 0.4) is 0 Å². The number of hydrogen-bond acceptors (Lipinski definition) is 4. The van der Waals surface area contributed by atoms with E-state index in [0.29, 0.717) is 18.4 Å². The Balaban J connectivity index is 1.85. The monoisotopic (exact) mass is 334 g/mol. The fourth-order valence-electron chi connectivity index (χ4n) is 4.07. The summed E-state index contributed by atoms with van der Waals surface area (Å²) in [5.74, 6) is -0.276. The molecule has 0 spiro atoms. The van der Waals surface area contributed by atoms with Crippen molar-refractivity contribution in [3.05, 3.63) is 23.8 Å². The Morgan fingerprint density at radius 1 is 1.25 bits per heavy atom. The van der Waals surface area contributed by atoms with E-state index in [9.17, 15) is 9.90 Å². The van der Waals surface area contributed by atoms with Crippen molar-refractivity contribution in [3.63, 3.8) is 0 Å². The van der Waals surface area contributed by atoms with Crippen LogP contribution in [0, 0.1) is 5.92 Å². The molecule has 1 N–H and O–H groups in total. The minimum absolute atomic E-state index is 0.0692. The van der Waals surface area contributed by atoms with Crippen LogP contribution in [0.4, 0.5) is 0 Å². The molecule has 0 aromatic heterocycles. The summed E-state index contributed by atoms with van der Waals surface area (Å²) in [4.78, 5) is 12.4. The lowest BCUT2D eigenvalue weighted by Crippen LogP contribution is -2.43. The van der Waals surface area contributed by atoms with Gasteiger partial charge in [0.05, 0.1) is 17.8 Å². The normalized spacial score (nSPS) is 46.2. The number of carbonyl (C=O) groups is 1. The summed E-state index contributed by atoms with van der Waals surface area (Å²) in [6.45, 7) is 10.1. The van der Waals surface area contributed by atoms with Gasteiger partial charge in [0.15, 0.2) is 0 Å². The van der Waals surface area contributed by atoms with Crippen LogP contribution in [0.25, 0.3) is 0 Å². The van der Waals surface area contributed by atoms with Crippen LogP contribution in [-0.4, -0.2) is 34.5 Å². The molecule has 0 aromatic carbocycles. The number of allylic oxidation sites excluding steroid dienone is 2. The summed E-state index contributed by atoms with van der Waals surface area (Å²) in [5, 5.41) is 10.7. The molecule has 4 heteroatoms. The third-order valence-corrected chi connectivity index (χ3v) is 6.25. The van der Waals surface area contributed by atoms with Gasteiger partial charge in [0.2, 0.25) is 0 Å². The number of epoxide rings is 1. The van der Waals surface area contributed by atoms with Crippen LogP contribution >= 0.6 is 0 Å². The Morgan fingerprint density at radius 2 is 2.00 bits per heavy atom. The molecule has 3 aliphatic rings. The van der Waals surface area contributed by atoms with Gasteiger partial charge >= 0.3 is 5.97 Å². The van der Waals surface area contributed by atoms with Crippen LogP contribution in [-0.2, 0) is 14.3 Å². The van der Waals surface area contributed by atoms with Gasteiger partial charge in [-0.05, 0) is 71.6 Å². The highest BCUT2D eigenvalue weighted by Gasteiger charge is 2.53. The third kappa shape index (κ3) is 3.45.